The zero-order chi connectivity index (χ0) is 41.6. The molecule has 10 heteroatoms. The molecule has 1 aliphatic rings. The maximum Gasteiger partial charge on any atom is 0.219 e. The second-order valence-corrected chi connectivity index (χ2v) is 16.5. The van der Waals surface area contributed by atoms with Gasteiger partial charge in [0.1, 0.15) is 0 Å². The number of anilines is 2. The van der Waals surface area contributed by atoms with Gasteiger partial charge in [0.15, 0.2) is 0 Å². The topological polar surface area (TPSA) is 120 Å². The van der Waals surface area contributed by atoms with Crippen LogP contribution in [0.25, 0.3) is 44.1 Å². The van der Waals surface area contributed by atoms with Gasteiger partial charge in [-0.15, -0.1) is 0 Å². The molecule has 0 spiro atoms. The molecule has 7 rings (SSSR count). The van der Waals surface area contributed by atoms with E-state index in [0.717, 1.165) is 74.5 Å². The molecule has 1 aliphatic heterocycles. The van der Waals surface area contributed by atoms with Gasteiger partial charge in [-0.25, -0.2) is 19.9 Å². The second kappa shape index (κ2) is 22.0. The Morgan fingerprint density at radius 1 is 0.610 bits per heavy atom. The highest BCUT2D eigenvalue weighted by molar-refractivity contribution is 5.90. The molecule has 10 nitrogen and oxygen atoms in total. The van der Waals surface area contributed by atoms with E-state index >= 15 is 0 Å². The van der Waals surface area contributed by atoms with E-state index in [2.05, 4.69) is 116 Å². The van der Waals surface area contributed by atoms with Crippen molar-refractivity contribution in [1.29, 1.82) is 0 Å². The number of aryl methyl sites for hydroxylation is 2. The van der Waals surface area contributed by atoms with Crippen LogP contribution in [0.5, 0.6) is 0 Å². The summed E-state index contributed by atoms with van der Waals surface area (Å²) in [6.07, 6.45) is 26.7. The third kappa shape index (κ3) is 11.5. The molecule has 59 heavy (non-hydrogen) atoms. The summed E-state index contributed by atoms with van der Waals surface area (Å²) in [5.41, 5.74) is 22.8. The molecular formula is C49H70N10. The number of nitrogens with zero attached hydrogens (tertiary/aromatic N) is 8. The molecule has 2 aromatic carbocycles. The van der Waals surface area contributed by atoms with Crippen LogP contribution in [0, 0.1) is 0 Å². The van der Waals surface area contributed by atoms with Crippen LogP contribution < -0.4 is 11.5 Å². The Morgan fingerprint density at radius 2 is 1.14 bits per heavy atom. The van der Waals surface area contributed by atoms with E-state index in [0.29, 0.717) is 11.9 Å². The number of fused-ring (bicyclic) bond motifs is 4. The lowest BCUT2D eigenvalue weighted by atomic mass is 10.0. The smallest absolute Gasteiger partial charge is 0.219 e. The van der Waals surface area contributed by atoms with Crippen LogP contribution in [-0.4, -0.2) is 65.6 Å². The molecule has 5 heterocycles. The van der Waals surface area contributed by atoms with Crippen molar-refractivity contribution in [2.75, 3.05) is 38.1 Å². The van der Waals surface area contributed by atoms with Crippen molar-refractivity contribution in [2.45, 2.75) is 137 Å². The van der Waals surface area contributed by atoms with Crippen LogP contribution in [0.15, 0.2) is 67.4 Å². The summed E-state index contributed by atoms with van der Waals surface area (Å²) in [6.45, 7) is 16.5. The Labute approximate surface area is 353 Å². The van der Waals surface area contributed by atoms with Crippen LogP contribution in [0.4, 0.5) is 11.9 Å². The third-order valence-corrected chi connectivity index (χ3v) is 12.2. The quantitative estimate of drug-likeness (QED) is 0.0733. The lowest BCUT2D eigenvalue weighted by molar-refractivity contribution is 0.296. The monoisotopic (exact) mass is 799 g/mol. The Hall–Kier alpha value is -4.80. The summed E-state index contributed by atoms with van der Waals surface area (Å²) >= 11 is 0. The number of aromatic nitrogens is 6. The highest BCUT2D eigenvalue weighted by atomic mass is 15.1. The average molecular weight is 799 g/mol. The molecule has 0 amide bonds. The average Bonchev–Trinajstić information content (AvgIpc) is 3.76. The summed E-state index contributed by atoms with van der Waals surface area (Å²) in [5, 5.41) is 2.72. The van der Waals surface area contributed by atoms with Crippen LogP contribution in [-0.2, 0) is 32.6 Å². The third-order valence-electron chi connectivity index (χ3n) is 12.2. The first-order valence-electron chi connectivity index (χ1n) is 22.7. The van der Waals surface area contributed by atoms with Gasteiger partial charge in [0.25, 0.3) is 0 Å². The van der Waals surface area contributed by atoms with Crippen LogP contribution in [0.1, 0.15) is 122 Å². The minimum atomic E-state index is 0.312. The summed E-state index contributed by atoms with van der Waals surface area (Å²) in [7, 11) is 2.22. The second-order valence-electron chi connectivity index (χ2n) is 16.5. The highest BCUT2D eigenvalue weighted by Crippen LogP contribution is 2.34. The van der Waals surface area contributed by atoms with E-state index in [1.807, 2.05) is 12.4 Å². The van der Waals surface area contributed by atoms with Gasteiger partial charge in [0.2, 0.25) is 11.9 Å². The lowest BCUT2D eigenvalue weighted by Gasteiger charge is -2.24. The summed E-state index contributed by atoms with van der Waals surface area (Å²) < 4.78 is 5.05. The molecule has 6 aromatic rings. The van der Waals surface area contributed by atoms with Gasteiger partial charge in [-0.05, 0) is 79.5 Å². The van der Waals surface area contributed by atoms with Crippen LogP contribution >= 0.6 is 0 Å². The van der Waals surface area contributed by atoms with E-state index in [-0.39, 0.29) is 0 Å². The van der Waals surface area contributed by atoms with Gasteiger partial charge in [-0.3, -0.25) is 4.90 Å². The summed E-state index contributed by atoms with van der Waals surface area (Å²) in [5.74, 6) is 0.631. The zero-order valence-corrected chi connectivity index (χ0v) is 36.7. The van der Waals surface area contributed by atoms with E-state index in [9.17, 15) is 0 Å². The van der Waals surface area contributed by atoms with Gasteiger partial charge < -0.3 is 25.5 Å². The predicted molar refractivity (Wildman–Crippen MR) is 248 cm³/mol. The van der Waals surface area contributed by atoms with Crippen molar-refractivity contribution in [1.82, 2.24) is 38.9 Å². The standard InChI is InChI=1S/C25H37N5.C24H33N5/c1-4-7-8-9-10-11-14-30-19-22(18-29(5-2)6-3)23-15-20(12-13-24(23)30)21-16-27-25(26)28-17-21;1-3-4-5-6-7-8-12-29-22-10-9-18(19-15-26-24(25)27-16-19)14-20(22)21-17-28(2)13-11-23(21)29/h12-13,15-17,19H,4-11,14,18H2,1-3H3,(H2,26,27,28);9-10,14-16H,3-8,11-13,17H2,1-2H3,(H2,25,26,27). The van der Waals surface area contributed by atoms with E-state index < -0.39 is 0 Å². The normalized spacial score (nSPS) is 13.0. The van der Waals surface area contributed by atoms with Crippen molar-refractivity contribution in [3.63, 3.8) is 0 Å². The number of nitrogens with two attached hydrogens (primary N) is 2. The van der Waals surface area contributed by atoms with Crippen molar-refractivity contribution < 1.29 is 0 Å². The van der Waals surface area contributed by atoms with Crippen LogP contribution in [0.2, 0.25) is 0 Å². The van der Waals surface area contributed by atoms with Gasteiger partial charge in [-0.2, -0.15) is 0 Å². The number of likely N-dealkylation sites (N-methyl/N-ethyl adjacent to an activating group) is 1. The zero-order valence-electron chi connectivity index (χ0n) is 36.7. The first-order chi connectivity index (χ1) is 28.8. The van der Waals surface area contributed by atoms with Gasteiger partial charge in [-0.1, -0.05) is 104 Å². The maximum atomic E-state index is 5.66. The van der Waals surface area contributed by atoms with Gasteiger partial charge in [0, 0.05) is 109 Å². The molecular weight excluding hydrogens is 729 g/mol. The molecule has 0 saturated heterocycles. The molecule has 0 unspecified atom stereocenters. The SMILES string of the molecule is CCCCCCCCn1c2c(c3cc(-c4cnc(N)nc4)ccc31)CN(C)CC2.CCCCCCCCn1cc(CN(CC)CC)c2cc(-c3cnc(N)nc3)ccc21. The number of unbranched alkanes of at least 4 members (excludes halogenated alkanes) is 10. The molecule has 0 fully saturated rings. The molecule has 0 aliphatic carbocycles. The van der Waals surface area contributed by atoms with Crippen LogP contribution in [0.3, 0.4) is 0 Å². The first kappa shape index (κ1) is 43.8. The Kier molecular flexibility index (Phi) is 16.3. The first-order valence-corrected chi connectivity index (χ1v) is 22.7. The predicted octanol–water partition coefficient (Wildman–Crippen LogP) is 10.9. The molecule has 0 atom stereocenters. The molecule has 0 saturated carbocycles. The summed E-state index contributed by atoms with van der Waals surface area (Å²) in [6, 6.07) is 13.5. The summed E-state index contributed by atoms with van der Waals surface area (Å²) in [4.78, 5) is 21.6. The van der Waals surface area contributed by atoms with Crippen molar-refractivity contribution in [2.24, 2.45) is 0 Å². The molecule has 4 aromatic heterocycles. The van der Waals surface area contributed by atoms with Crippen molar-refractivity contribution in [3.8, 4) is 22.3 Å². The number of rotatable bonds is 20. The molecule has 0 bridgehead atoms. The number of hydrogen-bond acceptors (Lipinski definition) is 8. The van der Waals surface area contributed by atoms with Gasteiger partial charge >= 0.3 is 0 Å². The minimum Gasteiger partial charge on any atom is -0.368 e. The molecule has 0 radical (unpaired) electrons. The largest absolute Gasteiger partial charge is 0.368 e. The van der Waals surface area contributed by atoms with Gasteiger partial charge in [0.05, 0.1) is 0 Å². The minimum absolute atomic E-state index is 0.312. The Balaban J connectivity index is 0.000000198. The highest BCUT2D eigenvalue weighted by Gasteiger charge is 2.23. The Bertz CT molecular complexity index is 2180. The number of nitrogen functional groups attached to an aromatic ring is 2. The fourth-order valence-corrected chi connectivity index (χ4v) is 8.66. The lowest BCUT2D eigenvalue weighted by Crippen LogP contribution is -2.27. The van der Waals surface area contributed by atoms with E-state index in [1.54, 1.807) is 12.4 Å². The van der Waals surface area contributed by atoms with E-state index in [4.69, 9.17) is 11.5 Å². The fraction of sp³-hybridized carbons (Fsp3) is 0.510. The Morgan fingerprint density at radius 3 is 1.71 bits per heavy atom. The molecule has 316 valence electrons. The molecule has 4 N–H and O–H groups in total. The fourth-order valence-electron chi connectivity index (χ4n) is 8.66. The van der Waals surface area contributed by atoms with Crippen molar-refractivity contribution in [3.05, 3.63) is 84.2 Å². The van der Waals surface area contributed by atoms with E-state index in [1.165, 1.54) is 116 Å². The maximum absolute atomic E-state index is 5.66. The number of benzene rings is 2. The number of hydrogen-bond donors (Lipinski definition) is 2. The van der Waals surface area contributed by atoms with Crippen molar-refractivity contribution >= 4 is 33.7 Å².